The van der Waals surface area contributed by atoms with Crippen molar-refractivity contribution in [1.29, 1.82) is 0 Å². The molecule has 0 saturated carbocycles. The number of aryl methyl sites for hydroxylation is 1. The van der Waals surface area contributed by atoms with Crippen LogP contribution in [0.3, 0.4) is 0 Å². The van der Waals surface area contributed by atoms with Crippen molar-refractivity contribution in [3.8, 4) is 0 Å². The van der Waals surface area contributed by atoms with Gasteiger partial charge >= 0.3 is 5.97 Å². The van der Waals surface area contributed by atoms with Crippen LogP contribution in [-0.2, 0) is 14.8 Å². The lowest BCUT2D eigenvalue weighted by Crippen LogP contribution is -2.23. The predicted octanol–water partition coefficient (Wildman–Crippen LogP) is 0.265. The molecule has 0 unspecified atom stereocenters. The molecule has 0 aliphatic rings. The molecule has 0 atom stereocenters. The number of aromatic nitrogens is 2. The number of halogens is 1. The topological polar surface area (TPSA) is 109 Å². The van der Waals surface area contributed by atoms with Gasteiger partial charge < -0.3 is 5.11 Å². The van der Waals surface area contributed by atoms with Gasteiger partial charge in [-0.25, -0.2) is 18.4 Å². The van der Waals surface area contributed by atoms with Crippen LogP contribution in [0.2, 0.25) is 5.15 Å². The molecular formula is C7H8ClN3O4S. The third kappa shape index (κ3) is 3.99. The van der Waals surface area contributed by atoms with Crippen LogP contribution in [0.25, 0.3) is 0 Å². The van der Waals surface area contributed by atoms with E-state index in [0.717, 1.165) is 0 Å². The molecule has 0 amide bonds. The Bertz CT molecular complexity index is 496. The summed E-state index contributed by atoms with van der Waals surface area (Å²) in [5.41, 5.74) is 0.466. The lowest BCUT2D eigenvalue weighted by molar-refractivity contribution is -0.134. The van der Waals surface area contributed by atoms with Gasteiger partial charge in [-0.2, -0.15) is 0 Å². The van der Waals surface area contributed by atoms with Crippen molar-refractivity contribution < 1.29 is 18.3 Å². The predicted molar refractivity (Wildman–Crippen MR) is 56.8 cm³/mol. The minimum atomic E-state index is -4.00. The van der Waals surface area contributed by atoms with Gasteiger partial charge in [-0.3, -0.25) is 9.52 Å². The van der Waals surface area contributed by atoms with Gasteiger partial charge in [0.05, 0.1) is 0 Å². The van der Waals surface area contributed by atoms with Crippen LogP contribution in [0.1, 0.15) is 5.69 Å². The Hall–Kier alpha value is -1.41. The largest absolute Gasteiger partial charge is 0.480 e. The minimum absolute atomic E-state index is 0.0699. The number of carbonyl (C=O) groups is 1. The van der Waals surface area contributed by atoms with E-state index in [0.29, 0.717) is 5.69 Å². The maximum absolute atomic E-state index is 11.2. The average Bonchev–Trinajstić information content (AvgIpc) is 1.95. The van der Waals surface area contributed by atoms with E-state index >= 15 is 0 Å². The molecule has 9 heteroatoms. The summed E-state index contributed by atoms with van der Waals surface area (Å²) in [6.45, 7) is 1.60. The number of carboxylic acids is 1. The summed E-state index contributed by atoms with van der Waals surface area (Å²) in [6.07, 6.45) is 0. The van der Waals surface area contributed by atoms with E-state index in [1.165, 1.54) is 6.07 Å². The fraction of sp³-hybridized carbons (Fsp3) is 0.286. The van der Waals surface area contributed by atoms with Gasteiger partial charge in [-0.05, 0) is 13.0 Å². The molecule has 16 heavy (non-hydrogen) atoms. The molecule has 0 aliphatic carbocycles. The summed E-state index contributed by atoms with van der Waals surface area (Å²) in [5, 5.41) is 8.42. The number of rotatable bonds is 4. The van der Waals surface area contributed by atoms with E-state index in [4.69, 9.17) is 16.7 Å². The number of nitrogens with one attached hydrogen (secondary N) is 1. The normalized spacial score (nSPS) is 11.1. The van der Waals surface area contributed by atoms with E-state index in [9.17, 15) is 13.2 Å². The van der Waals surface area contributed by atoms with Crippen LogP contribution in [0.15, 0.2) is 6.07 Å². The summed E-state index contributed by atoms with van der Waals surface area (Å²) >= 11 is 5.58. The first kappa shape index (κ1) is 12.7. The Balaban J connectivity index is 2.92. The molecule has 7 nitrogen and oxygen atoms in total. The van der Waals surface area contributed by atoms with Crippen molar-refractivity contribution in [2.75, 3.05) is 10.5 Å². The monoisotopic (exact) mass is 265 g/mol. The van der Waals surface area contributed by atoms with Crippen LogP contribution in [0.5, 0.6) is 0 Å². The molecular weight excluding hydrogens is 258 g/mol. The second kappa shape index (κ2) is 4.62. The summed E-state index contributed by atoms with van der Waals surface area (Å²) in [7, 11) is -4.00. The molecule has 1 rings (SSSR count). The maximum atomic E-state index is 11.2. The summed E-state index contributed by atoms with van der Waals surface area (Å²) in [4.78, 5) is 17.6. The summed E-state index contributed by atoms with van der Waals surface area (Å²) in [6, 6.07) is 1.44. The maximum Gasteiger partial charge on any atom is 0.320 e. The number of sulfonamides is 1. The van der Waals surface area contributed by atoms with Crippen molar-refractivity contribution in [3.63, 3.8) is 0 Å². The van der Waals surface area contributed by atoms with Gasteiger partial charge in [-0.15, -0.1) is 0 Å². The fourth-order valence-corrected chi connectivity index (χ4v) is 1.92. The quantitative estimate of drug-likeness (QED) is 0.756. The fourth-order valence-electron chi connectivity index (χ4n) is 0.914. The molecule has 0 bridgehead atoms. The Morgan fingerprint density at radius 2 is 2.19 bits per heavy atom. The Labute approximate surface area is 96.5 Å². The lowest BCUT2D eigenvalue weighted by atomic mass is 10.5. The SMILES string of the molecule is Cc1cc(Cl)nc(NS(=O)(=O)CC(=O)O)n1. The third-order valence-corrected chi connectivity index (χ3v) is 2.70. The van der Waals surface area contributed by atoms with Gasteiger partial charge in [0, 0.05) is 5.69 Å². The summed E-state index contributed by atoms with van der Waals surface area (Å²) < 4.78 is 24.4. The zero-order chi connectivity index (χ0) is 12.3. The molecule has 0 radical (unpaired) electrons. The van der Waals surface area contributed by atoms with Gasteiger partial charge in [0.25, 0.3) is 0 Å². The van der Waals surface area contributed by atoms with Crippen LogP contribution < -0.4 is 4.72 Å². The molecule has 1 heterocycles. The average molecular weight is 266 g/mol. The van der Waals surface area contributed by atoms with Crippen molar-refractivity contribution in [3.05, 3.63) is 16.9 Å². The summed E-state index contributed by atoms with van der Waals surface area (Å²) in [5.74, 6) is -2.76. The highest BCUT2D eigenvalue weighted by atomic mass is 35.5. The number of hydrogen-bond acceptors (Lipinski definition) is 5. The second-order valence-corrected chi connectivity index (χ2v) is 5.02. The van der Waals surface area contributed by atoms with Crippen LogP contribution in [0, 0.1) is 6.92 Å². The van der Waals surface area contributed by atoms with E-state index in [2.05, 4.69) is 9.97 Å². The van der Waals surface area contributed by atoms with Crippen LogP contribution in [0.4, 0.5) is 5.95 Å². The standard InChI is InChI=1S/C7H8ClN3O4S/c1-4-2-5(8)10-7(9-4)11-16(14,15)3-6(12)13/h2H,3H2,1H3,(H,12,13)(H,9,10,11). The molecule has 2 N–H and O–H groups in total. The number of anilines is 1. The van der Waals surface area contributed by atoms with Crippen molar-refractivity contribution in [2.24, 2.45) is 0 Å². The highest BCUT2D eigenvalue weighted by molar-refractivity contribution is 7.93. The number of carboxylic acid groups (broad SMARTS) is 1. The van der Waals surface area contributed by atoms with Gasteiger partial charge in [0.2, 0.25) is 16.0 Å². The van der Waals surface area contributed by atoms with E-state index in [1.54, 1.807) is 6.92 Å². The molecule has 0 aliphatic heterocycles. The molecule has 0 saturated heterocycles. The van der Waals surface area contributed by atoms with E-state index < -0.39 is 21.7 Å². The van der Waals surface area contributed by atoms with Gasteiger partial charge in [-0.1, -0.05) is 11.6 Å². The first-order valence-electron chi connectivity index (χ1n) is 4.02. The van der Waals surface area contributed by atoms with Crippen molar-refractivity contribution in [1.82, 2.24) is 9.97 Å². The highest BCUT2D eigenvalue weighted by Gasteiger charge is 2.17. The third-order valence-electron chi connectivity index (χ3n) is 1.38. The minimum Gasteiger partial charge on any atom is -0.480 e. The van der Waals surface area contributed by atoms with Crippen LogP contribution >= 0.6 is 11.6 Å². The highest BCUT2D eigenvalue weighted by Crippen LogP contribution is 2.10. The lowest BCUT2D eigenvalue weighted by Gasteiger charge is -2.04. The molecule has 88 valence electrons. The van der Waals surface area contributed by atoms with Crippen molar-refractivity contribution in [2.45, 2.75) is 6.92 Å². The van der Waals surface area contributed by atoms with Crippen LogP contribution in [-0.4, -0.2) is 35.2 Å². The number of nitrogens with zero attached hydrogens (tertiary/aromatic N) is 2. The Kier molecular flexibility index (Phi) is 3.66. The van der Waals surface area contributed by atoms with E-state index in [1.807, 2.05) is 4.72 Å². The molecule has 0 spiro atoms. The molecule has 1 aromatic heterocycles. The zero-order valence-corrected chi connectivity index (χ0v) is 9.71. The second-order valence-electron chi connectivity index (χ2n) is 2.91. The zero-order valence-electron chi connectivity index (χ0n) is 8.14. The number of aliphatic carboxylic acids is 1. The molecule has 0 aromatic carbocycles. The number of hydrogen-bond donors (Lipinski definition) is 2. The van der Waals surface area contributed by atoms with Gasteiger partial charge in [0.1, 0.15) is 5.15 Å². The van der Waals surface area contributed by atoms with E-state index in [-0.39, 0.29) is 11.1 Å². The molecule has 1 aromatic rings. The first-order chi connectivity index (χ1) is 7.28. The Morgan fingerprint density at radius 1 is 1.56 bits per heavy atom. The smallest absolute Gasteiger partial charge is 0.320 e. The molecule has 0 fully saturated rings. The Morgan fingerprint density at radius 3 is 2.69 bits per heavy atom. The first-order valence-corrected chi connectivity index (χ1v) is 6.05. The van der Waals surface area contributed by atoms with Gasteiger partial charge in [0.15, 0.2) is 5.75 Å². The van der Waals surface area contributed by atoms with Crippen molar-refractivity contribution >= 4 is 33.5 Å².